The second-order valence-corrected chi connectivity index (χ2v) is 5.62. The summed E-state index contributed by atoms with van der Waals surface area (Å²) < 4.78 is 1.35. The fourth-order valence-electron chi connectivity index (χ4n) is 2.28. The fourth-order valence-corrected chi connectivity index (χ4v) is 2.57. The minimum atomic E-state index is -0.614. The number of nitrogens with zero attached hydrogens (tertiary/aromatic N) is 2. The third-order valence-electron chi connectivity index (χ3n) is 3.53. The van der Waals surface area contributed by atoms with Crippen molar-refractivity contribution in [2.24, 2.45) is 5.10 Å². The van der Waals surface area contributed by atoms with Crippen molar-refractivity contribution >= 4 is 24.3 Å². The summed E-state index contributed by atoms with van der Waals surface area (Å²) in [6.45, 7) is 0. The van der Waals surface area contributed by atoms with Crippen LogP contribution in [-0.2, 0) is 0 Å². The zero-order valence-electron chi connectivity index (χ0n) is 13.4. The van der Waals surface area contributed by atoms with Crippen molar-refractivity contribution in [2.45, 2.75) is 0 Å². The van der Waals surface area contributed by atoms with Crippen molar-refractivity contribution in [1.82, 2.24) is 15.0 Å². The van der Waals surface area contributed by atoms with Crippen molar-refractivity contribution in [1.29, 1.82) is 0 Å². The van der Waals surface area contributed by atoms with Crippen LogP contribution in [0.2, 0.25) is 0 Å². The lowest BCUT2D eigenvalue weighted by Gasteiger charge is -2.10. The Morgan fingerprint density at radius 2 is 1.73 bits per heavy atom. The molecule has 0 aliphatic carbocycles. The van der Waals surface area contributed by atoms with E-state index in [-0.39, 0.29) is 16.2 Å². The summed E-state index contributed by atoms with van der Waals surface area (Å²) in [7, 11) is 0. The van der Waals surface area contributed by atoms with E-state index in [9.17, 15) is 14.7 Å². The smallest absolute Gasteiger partial charge is 0.271 e. The Bertz CT molecular complexity index is 1070. The van der Waals surface area contributed by atoms with E-state index in [0.29, 0.717) is 11.3 Å². The maximum Gasteiger partial charge on any atom is 0.271 e. The Kier molecular flexibility index (Phi) is 5.04. The fraction of sp³-hybridized carbons (Fsp3) is 0. The average molecular weight is 366 g/mol. The summed E-state index contributed by atoms with van der Waals surface area (Å²) in [5.74, 6) is -0.809. The number of benzene rings is 2. The van der Waals surface area contributed by atoms with E-state index in [1.807, 2.05) is 6.07 Å². The topological polar surface area (TPSA) is 99.5 Å². The standard InChI is InChI=1S/C18H14N4O3S/c23-15(12-7-3-1-4-8-12)21-19-11-14-16(24)20-18(26)22(17(14)25)13-9-5-2-6-10-13/h1-11,25H,(H,21,23)(H,20,24,26)/b19-11+. The number of hydrogen-bond acceptors (Lipinski definition) is 5. The van der Waals surface area contributed by atoms with E-state index in [4.69, 9.17) is 12.2 Å². The van der Waals surface area contributed by atoms with Crippen molar-refractivity contribution in [3.63, 3.8) is 0 Å². The summed E-state index contributed by atoms with van der Waals surface area (Å²) in [6.07, 6.45) is 1.07. The molecular formula is C18H14N4O3S. The number of hydrogen-bond donors (Lipinski definition) is 3. The molecule has 8 heteroatoms. The van der Waals surface area contributed by atoms with E-state index < -0.39 is 11.5 Å². The number of amides is 1. The van der Waals surface area contributed by atoms with Gasteiger partial charge in [-0.1, -0.05) is 36.4 Å². The van der Waals surface area contributed by atoms with Gasteiger partial charge in [0.1, 0.15) is 5.56 Å². The quantitative estimate of drug-likeness (QED) is 0.375. The highest BCUT2D eigenvalue weighted by Gasteiger charge is 2.12. The highest BCUT2D eigenvalue weighted by molar-refractivity contribution is 7.71. The number of carbonyl (C=O) groups excluding carboxylic acids is 1. The number of nitrogens with one attached hydrogen (secondary N) is 2. The molecule has 2 aromatic carbocycles. The van der Waals surface area contributed by atoms with Gasteiger partial charge in [0.15, 0.2) is 4.77 Å². The van der Waals surface area contributed by atoms with Gasteiger partial charge in [-0.2, -0.15) is 5.10 Å². The Morgan fingerprint density at radius 3 is 2.38 bits per heavy atom. The van der Waals surface area contributed by atoms with Crippen LogP contribution >= 0.6 is 12.2 Å². The summed E-state index contributed by atoms with van der Waals surface area (Å²) in [5.41, 5.74) is 2.56. The van der Waals surface area contributed by atoms with Crippen LogP contribution in [0.1, 0.15) is 15.9 Å². The van der Waals surface area contributed by atoms with Gasteiger partial charge < -0.3 is 5.11 Å². The van der Waals surface area contributed by atoms with Gasteiger partial charge in [-0.15, -0.1) is 0 Å². The molecule has 1 heterocycles. The molecule has 1 aromatic heterocycles. The number of hydrazone groups is 1. The third-order valence-corrected chi connectivity index (χ3v) is 3.82. The first-order valence-electron chi connectivity index (χ1n) is 7.60. The van der Waals surface area contributed by atoms with Crippen LogP contribution in [0.15, 0.2) is 70.6 Å². The first kappa shape index (κ1) is 17.3. The van der Waals surface area contributed by atoms with Gasteiger partial charge in [-0.05, 0) is 36.5 Å². The van der Waals surface area contributed by atoms with Gasteiger partial charge in [-0.25, -0.2) is 5.43 Å². The van der Waals surface area contributed by atoms with E-state index in [1.165, 1.54) is 4.57 Å². The predicted octanol–water partition coefficient (Wildman–Crippen LogP) is 2.36. The molecule has 1 amide bonds. The monoisotopic (exact) mass is 366 g/mol. The molecule has 0 spiro atoms. The number of rotatable bonds is 4. The van der Waals surface area contributed by atoms with Crippen LogP contribution in [0, 0.1) is 4.77 Å². The SMILES string of the molecule is O=C(N/N=C/c1c(O)n(-c2ccccc2)c(=S)[nH]c1=O)c1ccccc1. The lowest BCUT2D eigenvalue weighted by molar-refractivity contribution is 0.0955. The van der Waals surface area contributed by atoms with Crippen LogP contribution in [0.3, 0.4) is 0 Å². The van der Waals surface area contributed by atoms with Crippen molar-refractivity contribution in [2.75, 3.05) is 0 Å². The molecule has 0 atom stereocenters. The van der Waals surface area contributed by atoms with Gasteiger partial charge in [0.2, 0.25) is 5.88 Å². The maximum atomic E-state index is 12.1. The van der Waals surface area contributed by atoms with Gasteiger partial charge >= 0.3 is 0 Å². The highest BCUT2D eigenvalue weighted by Crippen LogP contribution is 2.18. The first-order valence-corrected chi connectivity index (χ1v) is 8.01. The maximum absolute atomic E-state index is 12.1. The molecule has 0 aliphatic rings. The first-order chi connectivity index (χ1) is 12.6. The van der Waals surface area contributed by atoms with E-state index in [2.05, 4.69) is 15.5 Å². The summed E-state index contributed by atoms with van der Waals surface area (Å²) in [4.78, 5) is 26.5. The number of aromatic nitrogens is 2. The second kappa shape index (κ2) is 7.58. The normalized spacial score (nSPS) is 10.8. The Morgan fingerprint density at radius 1 is 1.12 bits per heavy atom. The Balaban J connectivity index is 1.92. The van der Waals surface area contributed by atoms with Crippen LogP contribution < -0.4 is 11.0 Å². The Labute approximate surface area is 153 Å². The average Bonchev–Trinajstić information content (AvgIpc) is 2.65. The summed E-state index contributed by atoms with van der Waals surface area (Å²) in [6, 6.07) is 17.3. The van der Waals surface area contributed by atoms with Crippen molar-refractivity contribution in [3.05, 3.63) is 86.9 Å². The molecule has 0 saturated heterocycles. The van der Waals surface area contributed by atoms with Gasteiger partial charge in [-0.3, -0.25) is 19.1 Å². The predicted molar refractivity (Wildman–Crippen MR) is 100 cm³/mol. The molecular weight excluding hydrogens is 352 g/mol. The van der Waals surface area contributed by atoms with Crippen LogP contribution in [0.25, 0.3) is 5.69 Å². The molecule has 0 bridgehead atoms. The van der Waals surface area contributed by atoms with Gasteiger partial charge in [0.05, 0.1) is 11.9 Å². The molecule has 0 saturated carbocycles. The number of aromatic amines is 1. The molecule has 130 valence electrons. The van der Waals surface area contributed by atoms with Crippen LogP contribution in [0.5, 0.6) is 5.88 Å². The molecule has 3 rings (SSSR count). The zero-order valence-corrected chi connectivity index (χ0v) is 14.2. The molecule has 0 aliphatic heterocycles. The summed E-state index contributed by atoms with van der Waals surface area (Å²) >= 11 is 5.12. The number of H-pyrrole nitrogens is 1. The number of carbonyl (C=O) groups is 1. The van der Waals surface area contributed by atoms with E-state index in [1.54, 1.807) is 54.6 Å². The van der Waals surface area contributed by atoms with Crippen molar-refractivity contribution in [3.8, 4) is 11.6 Å². The van der Waals surface area contributed by atoms with Gasteiger partial charge in [0.25, 0.3) is 11.5 Å². The molecule has 0 radical (unpaired) electrons. The third kappa shape index (κ3) is 3.60. The van der Waals surface area contributed by atoms with Crippen molar-refractivity contribution < 1.29 is 9.90 Å². The van der Waals surface area contributed by atoms with Gasteiger partial charge in [0, 0.05) is 5.56 Å². The lowest BCUT2D eigenvalue weighted by atomic mass is 10.2. The second-order valence-electron chi connectivity index (χ2n) is 5.23. The minimum Gasteiger partial charge on any atom is -0.494 e. The van der Waals surface area contributed by atoms with E-state index >= 15 is 0 Å². The molecule has 26 heavy (non-hydrogen) atoms. The molecule has 3 N–H and O–H groups in total. The number of para-hydroxylation sites is 1. The van der Waals surface area contributed by atoms with E-state index in [0.717, 1.165) is 6.21 Å². The molecule has 0 unspecified atom stereocenters. The largest absolute Gasteiger partial charge is 0.494 e. The molecule has 0 fully saturated rings. The summed E-state index contributed by atoms with van der Waals surface area (Å²) in [5, 5.41) is 14.2. The molecule has 3 aromatic rings. The Hall–Kier alpha value is -3.52. The zero-order chi connectivity index (χ0) is 18.5. The van der Waals surface area contributed by atoms with Crippen LogP contribution in [0.4, 0.5) is 0 Å². The minimum absolute atomic E-state index is 0.0455. The highest BCUT2D eigenvalue weighted by atomic mass is 32.1. The van der Waals surface area contributed by atoms with Crippen LogP contribution in [-0.4, -0.2) is 26.8 Å². The lowest BCUT2D eigenvalue weighted by Crippen LogP contribution is -2.21. The molecule has 7 nitrogen and oxygen atoms in total. The number of aromatic hydroxyl groups is 1.